The van der Waals surface area contributed by atoms with E-state index in [1.54, 1.807) is 40.9 Å². The molecule has 24 heavy (non-hydrogen) atoms. The summed E-state index contributed by atoms with van der Waals surface area (Å²) in [4.78, 5) is 26.6. The second kappa shape index (κ2) is 7.69. The Balaban J connectivity index is 1.60. The summed E-state index contributed by atoms with van der Waals surface area (Å²) in [6.45, 7) is 0.718. The van der Waals surface area contributed by atoms with Gasteiger partial charge in [-0.05, 0) is 37.1 Å². The van der Waals surface area contributed by atoms with Gasteiger partial charge < -0.3 is 15.0 Å². The fourth-order valence-corrected chi connectivity index (χ4v) is 4.06. The summed E-state index contributed by atoms with van der Waals surface area (Å²) < 4.78 is 5.52. The zero-order valence-electron chi connectivity index (χ0n) is 13.2. The van der Waals surface area contributed by atoms with E-state index < -0.39 is 6.04 Å². The number of anilines is 1. The minimum absolute atomic E-state index is 0.00895. The van der Waals surface area contributed by atoms with E-state index in [4.69, 9.17) is 10.00 Å². The molecule has 3 rings (SSSR count). The Kier molecular flexibility index (Phi) is 5.38. The van der Waals surface area contributed by atoms with Crippen LogP contribution < -0.4 is 5.32 Å². The molecule has 0 radical (unpaired) electrons. The molecular weight excluding hydrogens is 326 g/mol. The van der Waals surface area contributed by atoms with Gasteiger partial charge in [0.15, 0.2) is 0 Å². The second-order valence-corrected chi connectivity index (χ2v) is 6.90. The largest absolute Gasteiger partial charge is 0.378 e. The minimum Gasteiger partial charge on any atom is -0.378 e. The van der Waals surface area contributed by atoms with Gasteiger partial charge in [-0.2, -0.15) is 5.26 Å². The summed E-state index contributed by atoms with van der Waals surface area (Å²) in [7, 11) is 0. The monoisotopic (exact) mass is 345 g/mol. The van der Waals surface area contributed by atoms with E-state index in [1.807, 2.05) is 6.07 Å². The van der Waals surface area contributed by atoms with Crippen molar-refractivity contribution in [3.8, 4) is 6.07 Å². The van der Waals surface area contributed by atoms with Crippen LogP contribution in [0.15, 0.2) is 24.3 Å². The third kappa shape index (κ3) is 3.89. The number of hydrogen-bond acceptors (Lipinski definition) is 5. The first-order chi connectivity index (χ1) is 11.7. The molecule has 126 valence electrons. The highest BCUT2D eigenvalue weighted by Crippen LogP contribution is 2.25. The van der Waals surface area contributed by atoms with E-state index in [9.17, 15) is 9.59 Å². The van der Waals surface area contributed by atoms with Gasteiger partial charge in [-0.15, -0.1) is 11.8 Å². The number of amides is 2. The Morgan fingerprint density at radius 3 is 2.83 bits per heavy atom. The molecule has 0 aromatic heterocycles. The zero-order chi connectivity index (χ0) is 16.9. The maximum Gasteiger partial charge on any atom is 0.248 e. The van der Waals surface area contributed by atoms with Crippen LogP contribution in [0.3, 0.4) is 0 Å². The molecular formula is C17H19N3O3S. The average molecular weight is 345 g/mol. The molecule has 1 N–H and O–H groups in total. The van der Waals surface area contributed by atoms with Crippen molar-refractivity contribution in [2.45, 2.75) is 31.4 Å². The number of nitrogens with zero attached hydrogens (tertiary/aromatic N) is 2. The third-order valence-corrected chi connectivity index (χ3v) is 5.23. The average Bonchev–Trinajstić information content (AvgIpc) is 3.27. The van der Waals surface area contributed by atoms with E-state index in [-0.39, 0.29) is 17.9 Å². The Morgan fingerprint density at radius 1 is 1.38 bits per heavy atom. The maximum atomic E-state index is 12.5. The molecule has 0 saturated carbocycles. The molecule has 2 amide bonds. The molecule has 1 aromatic carbocycles. The summed E-state index contributed by atoms with van der Waals surface area (Å²) >= 11 is 1.58. The molecule has 2 saturated heterocycles. The fourth-order valence-electron chi connectivity index (χ4n) is 2.88. The lowest BCUT2D eigenvalue weighted by molar-refractivity contribution is -0.138. The van der Waals surface area contributed by atoms with Crippen LogP contribution >= 0.6 is 11.8 Å². The van der Waals surface area contributed by atoms with Crippen molar-refractivity contribution in [2.75, 3.05) is 23.6 Å². The van der Waals surface area contributed by atoms with Crippen LogP contribution in [0.2, 0.25) is 0 Å². The van der Waals surface area contributed by atoms with E-state index in [2.05, 4.69) is 5.32 Å². The van der Waals surface area contributed by atoms with Crippen LogP contribution in [0.1, 0.15) is 24.8 Å². The molecule has 0 unspecified atom stereocenters. The SMILES string of the molecule is N#Cc1ccc(NC(=O)[C@@H]2CSCN2C(=O)C[C@H]2CCCO2)cc1. The molecule has 0 spiro atoms. The van der Waals surface area contributed by atoms with Crippen molar-refractivity contribution in [3.05, 3.63) is 29.8 Å². The Morgan fingerprint density at radius 2 is 2.17 bits per heavy atom. The molecule has 6 nitrogen and oxygen atoms in total. The topological polar surface area (TPSA) is 82.4 Å². The number of rotatable bonds is 4. The van der Waals surface area contributed by atoms with Gasteiger partial charge in [0.25, 0.3) is 0 Å². The normalized spacial score (nSPS) is 23.0. The molecule has 2 heterocycles. The van der Waals surface area contributed by atoms with E-state index in [0.717, 1.165) is 19.4 Å². The second-order valence-electron chi connectivity index (χ2n) is 5.90. The van der Waals surface area contributed by atoms with Crippen LogP contribution in [0.25, 0.3) is 0 Å². The smallest absolute Gasteiger partial charge is 0.248 e. The number of nitrogens with one attached hydrogen (secondary N) is 1. The highest BCUT2D eigenvalue weighted by Gasteiger charge is 2.35. The van der Waals surface area contributed by atoms with Gasteiger partial charge in [0, 0.05) is 18.0 Å². The minimum atomic E-state index is -0.459. The lowest BCUT2D eigenvalue weighted by atomic mass is 10.1. The number of benzene rings is 1. The number of thioether (sulfide) groups is 1. The van der Waals surface area contributed by atoms with Crippen molar-refractivity contribution in [3.63, 3.8) is 0 Å². The van der Waals surface area contributed by atoms with Gasteiger partial charge in [0.05, 0.1) is 30.0 Å². The predicted octanol–water partition coefficient (Wildman–Crippen LogP) is 1.97. The molecule has 1 aromatic rings. The van der Waals surface area contributed by atoms with E-state index >= 15 is 0 Å². The summed E-state index contributed by atoms with van der Waals surface area (Å²) in [6, 6.07) is 8.27. The summed E-state index contributed by atoms with van der Waals surface area (Å²) in [5, 5.41) is 11.6. The third-order valence-electron chi connectivity index (χ3n) is 4.21. The number of carbonyl (C=O) groups is 2. The highest BCUT2D eigenvalue weighted by atomic mass is 32.2. The number of carbonyl (C=O) groups excluding carboxylic acids is 2. The first kappa shape index (κ1) is 16.8. The molecule has 7 heteroatoms. The van der Waals surface area contributed by atoms with Crippen LogP contribution in [-0.2, 0) is 14.3 Å². The summed E-state index contributed by atoms with van der Waals surface area (Å²) in [6.07, 6.45) is 2.25. The van der Waals surface area contributed by atoms with Crippen LogP contribution in [-0.4, -0.2) is 47.1 Å². The van der Waals surface area contributed by atoms with Crippen molar-refractivity contribution in [2.24, 2.45) is 0 Å². The highest BCUT2D eigenvalue weighted by molar-refractivity contribution is 7.99. The molecule has 2 aliphatic heterocycles. The fraction of sp³-hybridized carbons (Fsp3) is 0.471. The summed E-state index contributed by atoms with van der Waals surface area (Å²) in [5.41, 5.74) is 1.17. The standard InChI is InChI=1S/C17H19N3O3S/c18-9-12-3-5-13(6-4-12)19-17(22)15-10-24-11-20(15)16(21)8-14-2-1-7-23-14/h3-6,14-15H,1-2,7-8,10-11H2,(H,19,22)/t14-,15+/m1/s1. The van der Waals surface area contributed by atoms with Gasteiger partial charge in [-0.3, -0.25) is 9.59 Å². The maximum absolute atomic E-state index is 12.5. The first-order valence-corrected chi connectivity index (χ1v) is 9.12. The van der Waals surface area contributed by atoms with Gasteiger partial charge in [-0.25, -0.2) is 0 Å². The molecule has 2 fully saturated rings. The number of nitriles is 1. The van der Waals surface area contributed by atoms with E-state index in [0.29, 0.717) is 29.3 Å². The molecule has 0 aliphatic carbocycles. The predicted molar refractivity (Wildman–Crippen MR) is 91.3 cm³/mol. The molecule has 2 aliphatic rings. The quantitative estimate of drug-likeness (QED) is 0.902. The Bertz CT molecular complexity index is 650. The van der Waals surface area contributed by atoms with Crippen molar-refractivity contribution < 1.29 is 14.3 Å². The van der Waals surface area contributed by atoms with Crippen molar-refractivity contribution in [1.82, 2.24) is 4.90 Å². The van der Waals surface area contributed by atoms with Gasteiger partial charge in [-0.1, -0.05) is 0 Å². The van der Waals surface area contributed by atoms with Crippen LogP contribution in [0, 0.1) is 11.3 Å². The van der Waals surface area contributed by atoms with Gasteiger partial charge in [0.1, 0.15) is 6.04 Å². The van der Waals surface area contributed by atoms with E-state index in [1.165, 1.54) is 0 Å². The van der Waals surface area contributed by atoms with Crippen LogP contribution in [0.4, 0.5) is 5.69 Å². The number of hydrogen-bond donors (Lipinski definition) is 1. The lowest BCUT2D eigenvalue weighted by Gasteiger charge is -2.24. The lowest BCUT2D eigenvalue weighted by Crippen LogP contribution is -2.45. The number of ether oxygens (including phenoxy) is 1. The van der Waals surface area contributed by atoms with Gasteiger partial charge >= 0.3 is 0 Å². The Hall–Kier alpha value is -2.04. The zero-order valence-corrected chi connectivity index (χ0v) is 14.1. The Labute approximate surface area is 145 Å². The summed E-state index contributed by atoms with van der Waals surface area (Å²) in [5.74, 6) is 0.924. The van der Waals surface area contributed by atoms with Crippen molar-refractivity contribution >= 4 is 29.3 Å². The molecule has 2 atom stereocenters. The van der Waals surface area contributed by atoms with Crippen molar-refractivity contribution in [1.29, 1.82) is 5.26 Å². The molecule has 0 bridgehead atoms. The van der Waals surface area contributed by atoms with Crippen LogP contribution in [0.5, 0.6) is 0 Å². The first-order valence-electron chi connectivity index (χ1n) is 7.97. The van der Waals surface area contributed by atoms with Gasteiger partial charge in [0.2, 0.25) is 11.8 Å².